The third kappa shape index (κ3) is 4.81. The highest BCUT2D eigenvalue weighted by molar-refractivity contribution is 5.77. The van der Waals surface area contributed by atoms with Crippen LogP contribution < -0.4 is 10.6 Å². The Hall–Kier alpha value is -2.28. The normalized spacial score (nSPS) is 29.4. The molecule has 1 aromatic rings. The Labute approximate surface area is 181 Å². The molecule has 1 aliphatic heterocycles. The Balaban J connectivity index is 1.57. The molecule has 4 rings (SSSR count). The molecule has 1 amide bonds. The van der Waals surface area contributed by atoms with E-state index in [9.17, 15) is 18.0 Å². The Bertz CT molecular complexity index is 877. The largest absolute Gasteiger partial charge is 0.416 e. The van der Waals surface area contributed by atoms with Crippen LogP contribution in [0.25, 0.3) is 0 Å². The minimum atomic E-state index is -4.35. The molecule has 4 nitrogen and oxygen atoms in total. The number of benzene rings is 1. The lowest BCUT2D eigenvalue weighted by atomic mass is 9.73. The van der Waals surface area contributed by atoms with Gasteiger partial charge in [-0.05, 0) is 74.9 Å². The van der Waals surface area contributed by atoms with E-state index in [4.69, 9.17) is 0 Å². The lowest BCUT2D eigenvalue weighted by Crippen LogP contribution is -2.41. The first-order chi connectivity index (χ1) is 14.7. The smallest absolute Gasteiger partial charge is 0.381 e. The van der Waals surface area contributed by atoms with Crippen LogP contribution in [0.2, 0.25) is 0 Å². The number of carbonyl (C=O) groups is 1. The molecule has 0 radical (unpaired) electrons. The maximum Gasteiger partial charge on any atom is 0.416 e. The van der Waals surface area contributed by atoms with Crippen molar-refractivity contribution in [3.63, 3.8) is 0 Å². The van der Waals surface area contributed by atoms with Crippen LogP contribution in [0, 0.1) is 17.8 Å². The fourth-order valence-corrected chi connectivity index (χ4v) is 5.46. The van der Waals surface area contributed by atoms with Crippen molar-refractivity contribution in [3.8, 4) is 0 Å². The van der Waals surface area contributed by atoms with Gasteiger partial charge in [0.2, 0.25) is 5.91 Å². The van der Waals surface area contributed by atoms with Gasteiger partial charge in [-0.2, -0.15) is 13.2 Å². The molecule has 3 aliphatic rings. The number of hydrogen-bond donors (Lipinski definition) is 2. The zero-order valence-electron chi connectivity index (χ0n) is 18.0. The number of nitrogens with zero attached hydrogens (tertiary/aromatic N) is 1. The quantitative estimate of drug-likeness (QED) is 0.723. The minimum absolute atomic E-state index is 0.0188. The Morgan fingerprint density at radius 1 is 1.23 bits per heavy atom. The molecule has 31 heavy (non-hydrogen) atoms. The Morgan fingerprint density at radius 3 is 2.71 bits per heavy atom. The molecule has 1 heterocycles. The van der Waals surface area contributed by atoms with E-state index in [0.717, 1.165) is 30.5 Å². The molecule has 5 atom stereocenters. The van der Waals surface area contributed by atoms with Gasteiger partial charge in [0, 0.05) is 24.2 Å². The summed E-state index contributed by atoms with van der Waals surface area (Å²) in [6.07, 6.45) is 6.72. The van der Waals surface area contributed by atoms with E-state index < -0.39 is 11.7 Å². The number of hydrogen-bond acceptors (Lipinski definition) is 3. The SMILES string of the molecule is CN(C)CC(=O)NC[C@@H]1C[C@@H]2[C@H](C1)c1cc(C(F)(F)F)ccc1N[C@H]2C1C=CC=CC1. The topological polar surface area (TPSA) is 44.4 Å². The number of allylic oxidation sites excluding steroid dienone is 3. The molecule has 0 aromatic heterocycles. The molecule has 0 bridgehead atoms. The van der Waals surface area contributed by atoms with Crippen LogP contribution in [0.4, 0.5) is 18.9 Å². The van der Waals surface area contributed by atoms with Gasteiger partial charge in [-0.1, -0.05) is 24.3 Å². The van der Waals surface area contributed by atoms with Crippen LogP contribution >= 0.6 is 0 Å². The van der Waals surface area contributed by atoms with Crippen LogP contribution in [-0.4, -0.2) is 44.0 Å². The van der Waals surface area contributed by atoms with Gasteiger partial charge in [0.25, 0.3) is 0 Å². The summed E-state index contributed by atoms with van der Waals surface area (Å²) in [5.74, 6) is 0.866. The van der Waals surface area contributed by atoms with Gasteiger partial charge >= 0.3 is 6.18 Å². The van der Waals surface area contributed by atoms with E-state index in [2.05, 4.69) is 28.9 Å². The van der Waals surface area contributed by atoms with Gasteiger partial charge < -0.3 is 15.5 Å². The van der Waals surface area contributed by atoms with Gasteiger partial charge in [0.15, 0.2) is 0 Å². The van der Waals surface area contributed by atoms with Crippen LogP contribution in [0.3, 0.4) is 0 Å². The van der Waals surface area contributed by atoms with Crippen molar-refractivity contribution in [1.82, 2.24) is 10.2 Å². The average Bonchev–Trinajstić information content (AvgIpc) is 3.15. The fraction of sp³-hybridized carbons (Fsp3) is 0.542. The summed E-state index contributed by atoms with van der Waals surface area (Å²) >= 11 is 0. The number of fused-ring (bicyclic) bond motifs is 3. The number of rotatable bonds is 5. The van der Waals surface area contributed by atoms with Crippen molar-refractivity contribution in [2.75, 3.05) is 32.5 Å². The zero-order valence-corrected chi connectivity index (χ0v) is 18.0. The number of halogens is 3. The second kappa shape index (κ2) is 8.69. The third-order valence-corrected chi connectivity index (χ3v) is 6.79. The van der Waals surface area contributed by atoms with Gasteiger partial charge in [0.05, 0.1) is 12.1 Å². The van der Waals surface area contributed by atoms with E-state index in [0.29, 0.717) is 19.0 Å². The molecular formula is C24H30F3N3O. The summed E-state index contributed by atoms with van der Waals surface area (Å²) in [6, 6.07) is 4.28. The molecule has 1 unspecified atom stereocenters. The first-order valence-electron chi connectivity index (χ1n) is 10.9. The van der Waals surface area contributed by atoms with Gasteiger partial charge in [-0.25, -0.2) is 0 Å². The molecule has 1 aromatic carbocycles. The highest BCUT2D eigenvalue weighted by atomic mass is 19.4. The van der Waals surface area contributed by atoms with E-state index >= 15 is 0 Å². The highest BCUT2D eigenvalue weighted by Crippen LogP contribution is 2.53. The zero-order chi connectivity index (χ0) is 22.2. The van der Waals surface area contributed by atoms with E-state index in [1.807, 2.05) is 25.1 Å². The van der Waals surface area contributed by atoms with E-state index in [1.165, 1.54) is 12.1 Å². The monoisotopic (exact) mass is 433 g/mol. The predicted octanol–water partition coefficient (Wildman–Crippen LogP) is 4.42. The molecule has 7 heteroatoms. The van der Waals surface area contributed by atoms with Crippen LogP contribution in [0.5, 0.6) is 0 Å². The molecule has 168 valence electrons. The molecular weight excluding hydrogens is 403 g/mol. The lowest BCUT2D eigenvalue weighted by molar-refractivity contribution is -0.137. The fourth-order valence-electron chi connectivity index (χ4n) is 5.46. The maximum atomic E-state index is 13.4. The Morgan fingerprint density at radius 2 is 2.03 bits per heavy atom. The second-order valence-electron chi connectivity index (χ2n) is 9.33. The van der Waals surface area contributed by atoms with Gasteiger partial charge in [0.1, 0.15) is 0 Å². The summed E-state index contributed by atoms with van der Waals surface area (Å²) < 4.78 is 40.1. The van der Waals surface area contributed by atoms with Crippen molar-refractivity contribution >= 4 is 11.6 Å². The van der Waals surface area contributed by atoms with Crippen LogP contribution in [0.15, 0.2) is 42.5 Å². The van der Waals surface area contributed by atoms with E-state index in [-0.39, 0.29) is 29.7 Å². The molecule has 1 saturated carbocycles. The molecule has 0 saturated heterocycles. The first-order valence-corrected chi connectivity index (χ1v) is 10.9. The molecule has 2 aliphatic carbocycles. The van der Waals surface area contributed by atoms with Crippen molar-refractivity contribution in [2.24, 2.45) is 17.8 Å². The number of nitrogens with one attached hydrogen (secondary N) is 2. The Kier molecular flexibility index (Phi) is 6.15. The van der Waals surface area contributed by atoms with Crippen molar-refractivity contribution < 1.29 is 18.0 Å². The van der Waals surface area contributed by atoms with Crippen molar-refractivity contribution in [1.29, 1.82) is 0 Å². The van der Waals surface area contributed by atoms with Gasteiger partial charge in [-0.3, -0.25) is 4.79 Å². The summed E-state index contributed by atoms with van der Waals surface area (Å²) in [5, 5.41) is 6.60. The second-order valence-corrected chi connectivity index (χ2v) is 9.33. The number of amides is 1. The number of likely N-dealkylation sites (N-methyl/N-ethyl adjacent to an activating group) is 1. The highest BCUT2D eigenvalue weighted by Gasteiger charge is 2.46. The minimum Gasteiger partial charge on any atom is -0.381 e. The third-order valence-electron chi connectivity index (χ3n) is 6.79. The standard InChI is InChI=1S/C24H30F3N3O/c1-30(2)14-22(31)28-13-15-10-18-19-12-17(24(25,26)27)8-9-21(19)29-23(20(18)11-15)16-6-4-3-5-7-16/h3-6,8-9,12,15-16,18,20,23,29H,7,10-11,13-14H2,1-2H3,(H,28,31)/t15-,16?,18+,20+,23-/m0/s1. The maximum absolute atomic E-state index is 13.4. The first kappa shape index (κ1) is 21.9. The van der Waals surface area contributed by atoms with Crippen molar-refractivity contribution in [3.05, 3.63) is 53.6 Å². The number of anilines is 1. The summed E-state index contributed by atoms with van der Waals surface area (Å²) in [6.45, 7) is 0.905. The lowest BCUT2D eigenvalue weighted by Gasteiger charge is -2.41. The van der Waals surface area contributed by atoms with Gasteiger partial charge in [-0.15, -0.1) is 0 Å². The number of alkyl halides is 3. The van der Waals surface area contributed by atoms with Crippen molar-refractivity contribution in [2.45, 2.75) is 37.4 Å². The molecule has 1 fully saturated rings. The number of carbonyl (C=O) groups excluding carboxylic acids is 1. The summed E-state index contributed by atoms with van der Waals surface area (Å²) in [4.78, 5) is 13.9. The van der Waals surface area contributed by atoms with Crippen LogP contribution in [-0.2, 0) is 11.0 Å². The molecule has 0 spiro atoms. The van der Waals surface area contributed by atoms with E-state index in [1.54, 1.807) is 6.07 Å². The summed E-state index contributed by atoms with van der Waals surface area (Å²) in [5.41, 5.74) is 1.00. The predicted molar refractivity (Wildman–Crippen MR) is 116 cm³/mol. The molecule has 2 N–H and O–H groups in total. The van der Waals surface area contributed by atoms with Crippen LogP contribution in [0.1, 0.15) is 36.3 Å². The average molecular weight is 434 g/mol. The summed E-state index contributed by atoms with van der Waals surface area (Å²) in [7, 11) is 3.70.